The zero-order valence-electron chi connectivity index (χ0n) is 14.3. The van der Waals surface area contributed by atoms with Crippen LogP contribution in [0.2, 0.25) is 0 Å². The lowest BCUT2D eigenvalue weighted by molar-refractivity contribution is -0.116. The van der Waals surface area contributed by atoms with Crippen LogP contribution < -0.4 is 16.4 Å². The number of nitrogens with one attached hydrogen (secondary N) is 2. The third-order valence-corrected chi connectivity index (χ3v) is 3.79. The van der Waals surface area contributed by atoms with Gasteiger partial charge in [-0.05, 0) is 24.1 Å². The van der Waals surface area contributed by atoms with E-state index in [1.807, 2.05) is 38.2 Å². The number of benzene rings is 1. The molecule has 0 unspecified atom stereocenters. The molecule has 0 radical (unpaired) electrons. The molecule has 130 valence electrons. The van der Waals surface area contributed by atoms with Crippen molar-refractivity contribution in [1.82, 2.24) is 19.7 Å². The normalized spacial score (nSPS) is 10.8. The number of amides is 1. The van der Waals surface area contributed by atoms with Crippen LogP contribution in [0.3, 0.4) is 0 Å². The van der Waals surface area contributed by atoms with Crippen LogP contribution in [0.25, 0.3) is 11.0 Å². The molecule has 1 amide bonds. The zero-order valence-corrected chi connectivity index (χ0v) is 14.3. The Balaban J connectivity index is 1.65. The average molecular weight is 339 g/mol. The summed E-state index contributed by atoms with van der Waals surface area (Å²) in [5.41, 5.74) is 8.46. The molecule has 0 aliphatic carbocycles. The smallest absolute Gasteiger partial charge is 0.226 e. The first kappa shape index (κ1) is 16.7. The topological polar surface area (TPSA) is 111 Å². The summed E-state index contributed by atoms with van der Waals surface area (Å²) in [4.78, 5) is 20.3. The molecule has 0 aliphatic heterocycles. The second kappa shape index (κ2) is 7.16. The molecule has 1 aromatic carbocycles. The van der Waals surface area contributed by atoms with Gasteiger partial charge in [-0.2, -0.15) is 15.1 Å². The highest BCUT2D eigenvalue weighted by Crippen LogP contribution is 2.19. The Kier molecular flexibility index (Phi) is 4.78. The number of aryl methyl sites for hydroxylation is 1. The minimum absolute atomic E-state index is 0.0294. The molecule has 0 bridgehead atoms. The van der Waals surface area contributed by atoms with E-state index in [0.29, 0.717) is 30.4 Å². The maximum atomic E-state index is 11.6. The Morgan fingerprint density at radius 3 is 2.72 bits per heavy atom. The lowest BCUT2D eigenvalue weighted by Gasteiger charge is -2.08. The number of anilines is 3. The molecule has 2 aromatic heterocycles. The summed E-state index contributed by atoms with van der Waals surface area (Å²) in [7, 11) is 1.81. The van der Waals surface area contributed by atoms with Gasteiger partial charge in [0.2, 0.25) is 11.9 Å². The molecule has 8 heteroatoms. The Hall–Kier alpha value is -3.16. The molecular weight excluding hydrogens is 318 g/mol. The van der Waals surface area contributed by atoms with Gasteiger partial charge in [-0.1, -0.05) is 19.1 Å². The molecule has 3 rings (SSSR count). The molecular formula is C17H21N7O. The van der Waals surface area contributed by atoms with Crippen LogP contribution in [-0.4, -0.2) is 25.7 Å². The Morgan fingerprint density at radius 2 is 2.00 bits per heavy atom. The van der Waals surface area contributed by atoms with E-state index < -0.39 is 0 Å². The van der Waals surface area contributed by atoms with Crippen molar-refractivity contribution < 1.29 is 4.79 Å². The molecule has 0 spiro atoms. The van der Waals surface area contributed by atoms with Gasteiger partial charge in [0.15, 0.2) is 5.65 Å². The van der Waals surface area contributed by atoms with Gasteiger partial charge in [-0.3, -0.25) is 9.48 Å². The minimum atomic E-state index is 0.0294. The van der Waals surface area contributed by atoms with E-state index in [0.717, 1.165) is 23.1 Å². The molecule has 25 heavy (non-hydrogen) atoms. The summed E-state index contributed by atoms with van der Waals surface area (Å²) in [5, 5.41) is 10.9. The predicted octanol–water partition coefficient (Wildman–Crippen LogP) is 2.30. The van der Waals surface area contributed by atoms with Crippen molar-refractivity contribution in [3.63, 3.8) is 0 Å². The number of aromatic nitrogens is 4. The number of carbonyl (C=O) groups is 1. The number of nitrogen functional groups attached to an aromatic ring is 1. The lowest BCUT2D eigenvalue weighted by Crippen LogP contribution is -2.10. The van der Waals surface area contributed by atoms with Gasteiger partial charge in [0.05, 0.1) is 11.6 Å². The molecule has 0 atom stereocenters. The minimum Gasteiger partial charge on any atom is -0.383 e. The maximum Gasteiger partial charge on any atom is 0.226 e. The first-order chi connectivity index (χ1) is 12.1. The Morgan fingerprint density at radius 1 is 1.24 bits per heavy atom. The standard InChI is InChI=1S/C17H21N7O/c1-3-4-14(25)21-12-7-5-11(6-8-12)9-19-17-22-15(18)13-10-20-24(2)16(13)23-17/h5-8,10H,3-4,9H2,1-2H3,(H,21,25)(H3,18,19,22,23). The third kappa shape index (κ3) is 3.85. The summed E-state index contributed by atoms with van der Waals surface area (Å²) in [5.74, 6) is 0.880. The number of hydrogen-bond donors (Lipinski definition) is 3. The van der Waals surface area contributed by atoms with Gasteiger partial charge in [-0.25, -0.2) is 0 Å². The number of nitrogens with zero attached hydrogens (tertiary/aromatic N) is 4. The van der Waals surface area contributed by atoms with Gasteiger partial charge in [-0.15, -0.1) is 0 Å². The molecule has 0 aliphatic rings. The fraction of sp³-hybridized carbons (Fsp3) is 0.294. The number of carbonyl (C=O) groups excluding carboxylic acids is 1. The highest BCUT2D eigenvalue weighted by atomic mass is 16.1. The summed E-state index contributed by atoms with van der Waals surface area (Å²) >= 11 is 0. The number of nitrogens with two attached hydrogens (primary N) is 1. The summed E-state index contributed by atoms with van der Waals surface area (Å²) in [6.45, 7) is 2.53. The molecule has 8 nitrogen and oxygen atoms in total. The Bertz CT molecular complexity index is 886. The van der Waals surface area contributed by atoms with Crippen molar-refractivity contribution in [2.24, 2.45) is 7.05 Å². The van der Waals surface area contributed by atoms with Gasteiger partial charge >= 0.3 is 0 Å². The van der Waals surface area contributed by atoms with Crippen molar-refractivity contribution in [3.05, 3.63) is 36.0 Å². The van der Waals surface area contributed by atoms with Crippen molar-refractivity contribution in [2.75, 3.05) is 16.4 Å². The van der Waals surface area contributed by atoms with Crippen molar-refractivity contribution in [1.29, 1.82) is 0 Å². The molecule has 0 saturated heterocycles. The van der Waals surface area contributed by atoms with E-state index in [2.05, 4.69) is 25.7 Å². The van der Waals surface area contributed by atoms with Crippen molar-refractivity contribution >= 4 is 34.4 Å². The van der Waals surface area contributed by atoms with Crippen LogP contribution in [0.1, 0.15) is 25.3 Å². The summed E-state index contributed by atoms with van der Waals surface area (Å²) in [6, 6.07) is 7.65. The van der Waals surface area contributed by atoms with E-state index in [-0.39, 0.29) is 5.91 Å². The highest BCUT2D eigenvalue weighted by molar-refractivity contribution is 5.90. The van der Waals surface area contributed by atoms with Crippen LogP contribution >= 0.6 is 0 Å². The fourth-order valence-electron chi connectivity index (χ4n) is 2.46. The van der Waals surface area contributed by atoms with Crippen LogP contribution in [0, 0.1) is 0 Å². The Labute approximate surface area is 145 Å². The quantitative estimate of drug-likeness (QED) is 0.635. The predicted molar refractivity (Wildman–Crippen MR) is 98.0 cm³/mol. The summed E-state index contributed by atoms with van der Waals surface area (Å²) in [6.07, 6.45) is 3.01. The largest absolute Gasteiger partial charge is 0.383 e. The zero-order chi connectivity index (χ0) is 17.8. The SMILES string of the molecule is CCCC(=O)Nc1ccc(CNc2nc(N)c3cnn(C)c3n2)cc1. The number of rotatable bonds is 6. The van der Waals surface area contributed by atoms with Crippen LogP contribution in [-0.2, 0) is 18.4 Å². The number of hydrogen-bond acceptors (Lipinski definition) is 6. The van der Waals surface area contributed by atoms with Gasteiger partial charge in [0, 0.05) is 25.7 Å². The van der Waals surface area contributed by atoms with Gasteiger partial charge in [0.25, 0.3) is 0 Å². The average Bonchev–Trinajstić information content (AvgIpc) is 2.96. The summed E-state index contributed by atoms with van der Waals surface area (Å²) < 4.78 is 1.66. The molecule has 3 aromatic rings. The van der Waals surface area contributed by atoms with Gasteiger partial charge in [0.1, 0.15) is 5.82 Å². The lowest BCUT2D eigenvalue weighted by atomic mass is 10.2. The highest BCUT2D eigenvalue weighted by Gasteiger charge is 2.09. The second-order valence-electron chi connectivity index (χ2n) is 5.79. The number of fused-ring (bicyclic) bond motifs is 1. The van der Waals surface area contributed by atoms with E-state index in [1.165, 1.54) is 0 Å². The first-order valence-electron chi connectivity index (χ1n) is 8.14. The fourth-order valence-corrected chi connectivity index (χ4v) is 2.46. The van der Waals surface area contributed by atoms with Crippen LogP contribution in [0.5, 0.6) is 0 Å². The van der Waals surface area contributed by atoms with E-state index in [4.69, 9.17) is 5.73 Å². The monoisotopic (exact) mass is 339 g/mol. The van der Waals surface area contributed by atoms with E-state index >= 15 is 0 Å². The second-order valence-corrected chi connectivity index (χ2v) is 5.79. The maximum absolute atomic E-state index is 11.6. The molecule has 4 N–H and O–H groups in total. The molecule has 0 saturated carbocycles. The molecule has 0 fully saturated rings. The van der Waals surface area contributed by atoms with Crippen molar-refractivity contribution in [3.8, 4) is 0 Å². The third-order valence-electron chi connectivity index (χ3n) is 3.79. The first-order valence-corrected chi connectivity index (χ1v) is 8.14. The van der Waals surface area contributed by atoms with Crippen LogP contribution in [0.4, 0.5) is 17.5 Å². The molecule has 2 heterocycles. The van der Waals surface area contributed by atoms with Crippen LogP contribution in [0.15, 0.2) is 30.5 Å². The van der Waals surface area contributed by atoms with Gasteiger partial charge < -0.3 is 16.4 Å². The van der Waals surface area contributed by atoms with E-state index in [9.17, 15) is 4.79 Å². The van der Waals surface area contributed by atoms with E-state index in [1.54, 1.807) is 10.9 Å². The van der Waals surface area contributed by atoms with Crippen molar-refractivity contribution in [2.45, 2.75) is 26.3 Å².